The molecule has 5 nitrogen and oxygen atoms in total. The number of nitrogens with zero attached hydrogens (tertiary/aromatic N) is 3. The van der Waals surface area contributed by atoms with Crippen molar-refractivity contribution in [3.63, 3.8) is 0 Å². The predicted octanol–water partition coefficient (Wildman–Crippen LogP) is 3.01. The van der Waals surface area contributed by atoms with Crippen LogP contribution in [0, 0.1) is 11.6 Å². The van der Waals surface area contributed by atoms with Crippen LogP contribution in [0.3, 0.4) is 0 Å². The lowest BCUT2D eigenvalue weighted by molar-refractivity contribution is 0.282. The van der Waals surface area contributed by atoms with E-state index in [4.69, 9.17) is 0 Å². The molecule has 0 amide bonds. The van der Waals surface area contributed by atoms with Crippen LogP contribution >= 0.6 is 0 Å². The maximum absolute atomic E-state index is 14.3. The van der Waals surface area contributed by atoms with Gasteiger partial charge in [0.15, 0.2) is 5.96 Å². The molecular weight excluding hydrogens is 372 g/mol. The van der Waals surface area contributed by atoms with Gasteiger partial charge in [0, 0.05) is 44.0 Å². The summed E-state index contributed by atoms with van der Waals surface area (Å²) in [5.74, 6) is -0.445. The van der Waals surface area contributed by atoms with Crippen LogP contribution in [0.4, 0.5) is 14.5 Å². The summed E-state index contributed by atoms with van der Waals surface area (Å²) in [7, 11) is 5.32. The molecule has 1 saturated heterocycles. The van der Waals surface area contributed by atoms with Gasteiger partial charge in [-0.3, -0.25) is 4.99 Å². The van der Waals surface area contributed by atoms with Gasteiger partial charge in [-0.2, -0.15) is 0 Å². The van der Waals surface area contributed by atoms with Crippen LogP contribution in [0.5, 0.6) is 0 Å². The van der Waals surface area contributed by atoms with E-state index in [2.05, 4.69) is 32.7 Å². The first kappa shape index (κ1) is 21.0. The van der Waals surface area contributed by atoms with Gasteiger partial charge in [-0.05, 0) is 44.8 Å². The second kappa shape index (κ2) is 9.69. The molecule has 1 aliphatic heterocycles. The highest BCUT2D eigenvalue weighted by molar-refractivity contribution is 5.80. The van der Waals surface area contributed by atoms with Crippen LogP contribution in [0.15, 0.2) is 53.5 Å². The number of rotatable bonds is 6. The number of halogens is 2. The largest absolute Gasteiger partial charge is 0.369 e. The maximum atomic E-state index is 14.3. The van der Waals surface area contributed by atoms with Gasteiger partial charge >= 0.3 is 0 Å². The zero-order valence-corrected chi connectivity index (χ0v) is 17.2. The third kappa shape index (κ3) is 5.23. The summed E-state index contributed by atoms with van der Waals surface area (Å²) in [6, 6.07) is 14.1. The molecule has 0 aromatic heterocycles. The van der Waals surface area contributed by atoms with Gasteiger partial charge in [0.2, 0.25) is 0 Å². The molecule has 0 saturated carbocycles. The van der Waals surface area contributed by atoms with Crippen LogP contribution in [0.1, 0.15) is 18.0 Å². The fraction of sp³-hybridized carbons (Fsp3) is 0.409. The van der Waals surface area contributed by atoms with Gasteiger partial charge in [0.25, 0.3) is 0 Å². The van der Waals surface area contributed by atoms with E-state index in [1.165, 1.54) is 23.9 Å². The highest BCUT2D eigenvalue weighted by atomic mass is 19.1. The van der Waals surface area contributed by atoms with Gasteiger partial charge in [0.1, 0.15) is 11.6 Å². The lowest BCUT2D eigenvalue weighted by atomic mass is 10.0. The number of nitrogens with one attached hydrogen (secondary N) is 2. The fourth-order valence-electron chi connectivity index (χ4n) is 3.70. The number of benzene rings is 2. The Morgan fingerprint density at radius 1 is 1.14 bits per heavy atom. The van der Waals surface area contributed by atoms with E-state index in [1.807, 2.05) is 32.3 Å². The van der Waals surface area contributed by atoms with Gasteiger partial charge in [-0.15, -0.1) is 0 Å². The molecule has 2 atom stereocenters. The van der Waals surface area contributed by atoms with Crippen molar-refractivity contribution in [1.29, 1.82) is 0 Å². The summed E-state index contributed by atoms with van der Waals surface area (Å²) in [5, 5.41) is 6.66. The molecule has 0 aliphatic carbocycles. The predicted molar refractivity (Wildman–Crippen MR) is 114 cm³/mol. The zero-order chi connectivity index (χ0) is 20.8. The number of aliphatic imine (C=N–C) groups is 1. The van der Waals surface area contributed by atoms with Crippen molar-refractivity contribution >= 4 is 11.6 Å². The molecular formula is C22H29F2N5. The SMILES string of the molecule is CN=C(NCC(c1c(F)cccc1F)N(C)C)NC1CCN(c2ccccc2)C1. The molecule has 7 heteroatoms. The molecule has 2 unspecified atom stereocenters. The van der Waals surface area contributed by atoms with Crippen LogP contribution in [0.2, 0.25) is 0 Å². The maximum Gasteiger partial charge on any atom is 0.191 e. The Kier molecular flexibility index (Phi) is 7.04. The average Bonchev–Trinajstić information content (AvgIpc) is 3.18. The second-order valence-electron chi connectivity index (χ2n) is 7.48. The minimum absolute atomic E-state index is 0.0663. The molecule has 29 heavy (non-hydrogen) atoms. The zero-order valence-electron chi connectivity index (χ0n) is 17.2. The van der Waals surface area contributed by atoms with Gasteiger partial charge in [-0.25, -0.2) is 8.78 Å². The van der Waals surface area contributed by atoms with E-state index in [0.717, 1.165) is 19.5 Å². The molecule has 2 aromatic carbocycles. The van der Waals surface area contributed by atoms with Crippen molar-refractivity contribution in [3.8, 4) is 0 Å². The van der Waals surface area contributed by atoms with Gasteiger partial charge < -0.3 is 20.4 Å². The molecule has 156 valence electrons. The van der Waals surface area contributed by atoms with E-state index in [-0.39, 0.29) is 11.6 Å². The Morgan fingerprint density at radius 2 is 1.83 bits per heavy atom. The first-order valence-electron chi connectivity index (χ1n) is 9.87. The fourth-order valence-corrected chi connectivity index (χ4v) is 3.70. The van der Waals surface area contributed by atoms with Crippen LogP contribution in [0.25, 0.3) is 0 Å². The Morgan fingerprint density at radius 3 is 2.45 bits per heavy atom. The van der Waals surface area contributed by atoms with Crippen LogP contribution in [-0.2, 0) is 0 Å². The molecule has 0 spiro atoms. The Bertz CT molecular complexity index is 805. The van der Waals surface area contributed by atoms with Gasteiger partial charge in [0.05, 0.1) is 6.04 Å². The molecule has 1 heterocycles. The summed E-state index contributed by atoms with van der Waals surface area (Å²) < 4.78 is 28.5. The molecule has 3 rings (SSSR count). The van der Waals surface area contributed by atoms with Crippen molar-refractivity contribution in [3.05, 3.63) is 65.7 Å². The van der Waals surface area contributed by atoms with E-state index in [1.54, 1.807) is 11.9 Å². The summed E-state index contributed by atoms with van der Waals surface area (Å²) in [6.07, 6.45) is 0.995. The monoisotopic (exact) mass is 401 g/mol. The van der Waals surface area contributed by atoms with E-state index in [9.17, 15) is 8.78 Å². The van der Waals surface area contributed by atoms with E-state index in [0.29, 0.717) is 12.5 Å². The number of hydrogen-bond donors (Lipinski definition) is 2. The Hall–Kier alpha value is -2.67. The standard InChI is InChI=1S/C22H29F2N5/c1-25-22(27-16-12-13-29(15-16)17-8-5-4-6-9-17)26-14-20(28(2)3)21-18(23)10-7-11-19(21)24/h4-11,16,20H,12-15H2,1-3H3,(H2,25,26,27). The summed E-state index contributed by atoms with van der Waals surface area (Å²) in [5.41, 5.74) is 1.28. The second-order valence-corrected chi connectivity index (χ2v) is 7.48. The minimum atomic E-state index is -0.539. The van der Waals surface area contributed by atoms with Crippen LogP contribution < -0.4 is 15.5 Å². The molecule has 2 aromatic rings. The van der Waals surface area contributed by atoms with Crippen molar-refractivity contribution in [2.45, 2.75) is 18.5 Å². The summed E-state index contributed by atoms with van der Waals surface area (Å²) in [4.78, 5) is 8.42. The summed E-state index contributed by atoms with van der Waals surface area (Å²) >= 11 is 0. The Balaban J connectivity index is 1.60. The number of hydrogen-bond acceptors (Lipinski definition) is 3. The van der Waals surface area contributed by atoms with Crippen molar-refractivity contribution in [1.82, 2.24) is 15.5 Å². The van der Waals surface area contributed by atoms with Crippen molar-refractivity contribution < 1.29 is 8.78 Å². The number of guanidine groups is 1. The normalized spacial score (nSPS) is 18.2. The topological polar surface area (TPSA) is 42.9 Å². The Labute approximate surface area is 171 Å². The molecule has 0 radical (unpaired) electrons. The third-order valence-electron chi connectivity index (χ3n) is 5.29. The average molecular weight is 402 g/mol. The van der Waals surface area contributed by atoms with Crippen molar-refractivity contribution in [2.75, 3.05) is 45.7 Å². The molecule has 1 fully saturated rings. The van der Waals surface area contributed by atoms with Gasteiger partial charge in [-0.1, -0.05) is 24.3 Å². The quantitative estimate of drug-likeness (QED) is 0.577. The molecule has 1 aliphatic rings. The molecule has 2 N–H and O–H groups in total. The third-order valence-corrected chi connectivity index (χ3v) is 5.29. The lowest BCUT2D eigenvalue weighted by Gasteiger charge is -2.27. The van der Waals surface area contributed by atoms with Crippen molar-refractivity contribution in [2.24, 2.45) is 4.99 Å². The number of likely N-dealkylation sites (N-methyl/N-ethyl adjacent to an activating group) is 1. The van der Waals surface area contributed by atoms with E-state index < -0.39 is 17.7 Å². The summed E-state index contributed by atoms with van der Waals surface area (Å²) in [6.45, 7) is 2.18. The highest BCUT2D eigenvalue weighted by Gasteiger charge is 2.25. The van der Waals surface area contributed by atoms with Crippen LogP contribution in [-0.4, -0.2) is 57.7 Å². The first-order valence-corrected chi connectivity index (χ1v) is 9.87. The number of anilines is 1. The smallest absolute Gasteiger partial charge is 0.191 e. The highest BCUT2D eigenvalue weighted by Crippen LogP contribution is 2.24. The minimum Gasteiger partial charge on any atom is -0.369 e. The number of para-hydroxylation sites is 1. The first-order chi connectivity index (χ1) is 14.0. The lowest BCUT2D eigenvalue weighted by Crippen LogP contribution is -2.47. The van der Waals surface area contributed by atoms with E-state index >= 15 is 0 Å². The molecule has 0 bridgehead atoms.